The van der Waals surface area contributed by atoms with Crippen molar-refractivity contribution in [1.82, 2.24) is 4.90 Å². The summed E-state index contributed by atoms with van der Waals surface area (Å²) in [7, 11) is 0. The highest BCUT2D eigenvalue weighted by Gasteiger charge is 2.22. The number of halogens is 1. The van der Waals surface area contributed by atoms with Gasteiger partial charge in [-0.1, -0.05) is 12.1 Å². The van der Waals surface area contributed by atoms with Gasteiger partial charge in [0.15, 0.2) is 11.6 Å². The third kappa shape index (κ3) is 4.38. The van der Waals surface area contributed by atoms with Gasteiger partial charge in [0.25, 0.3) is 0 Å². The first-order valence-corrected chi connectivity index (χ1v) is 8.46. The molecule has 0 bridgehead atoms. The minimum Gasteiger partial charge on any atom is -0.487 e. The molecule has 2 aromatic rings. The Bertz CT molecular complexity index is 839. The summed E-state index contributed by atoms with van der Waals surface area (Å²) in [4.78, 5) is 13.3. The largest absolute Gasteiger partial charge is 0.487 e. The molecule has 0 aliphatic carbocycles. The zero-order valence-electron chi connectivity index (χ0n) is 14.2. The van der Waals surface area contributed by atoms with Crippen molar-refractivity contribution in [1.29, 1.82) is 5.26 Å². The summed E-state index contributed by atoms with van der Waals surface area (Å²) >= 11 is 0. The molecule has 0 radical (unpaired) electrons. The molecule has 1 N–H and O–H groups in total. The van der Waals surface area contributed by atoms with Crippen molar-refractivity contribution in [2.24, 2.45) is 0 Å². The van der Waals surface area contributed by atoms with Gasteiger partial charge in [-0.15, -0.1) is 0 Å². The third-order valence-electron chi connectivity index (χ3n) is 4.47. The Hall–Kier alpha value is -2.91. The summed E-state index contributed by atoms with van der Waals surface area (Å²) in [5.41, 5.74) is 1.52. The Morgan fingerprint density at radius 1 is 1.27 bits per heavy atom. The number of rotatable bonds is 5. The fraction of sp³-hybridized carbons (Fsp3) is 0.300. The van der Waals surface area contributed by atoms with E-state index in [4.69, 9.17) is 15.1 Å². The molecule has 26 heavy (non-hydrogen) atoms. The van der Waals surface area contributed by atoms with Crippen LogP contribution < -0.4 is 4.74 Å². The highest BCUT2D eigenvalue weighted by Crippen LogP contribution is 2.23. The van der Waals surface area contributed by atoms with Gasteiger partial charge in [-0.25, -0.2) is 9.18 Å². The highest BCUT2D eigenvalue weighted by atomic mass is 19.1. The summed E-state index contributed by atoms with van der Waals surface area (Å²) < 4.78 is 19.7. The minimum absolute atomic E-state index is 0.0703. The van der Waals surface area contributed by atoms with E-state index in [-0.39, 0.29) is 23.0 Å². The number of piperidine rings is 1. The number of carbonyl (C=O) groups is 1. The molecule has 1 aliphatic rings. The van der Waals surface area contributed by atoms with Crippen LogP contribution in [0.5, 0.6) is 5.75 Å². The highest BCUT2D eigenvalue weighted by molar-refractivity contribution is 5.87. The lowest BCUT2D eigenvalue weighted by atomic mass is 10.1. The topological polar surface area (TPSA) is 73.6 Å². The number of carboxylic acid groups (broad SMARTS) is 1. The van der Waals surface area contributed by atoms with Crippen LogP contribution in [0.1, 0.15) is 34.3 Å². The van der Waals surface area contributed by atoms with Gasteiger partial charge in [0.1, 0.15) is 6.10 Å². The molecular weight excluding hydrogens is 335 g/mol. The first-order chi connectivity index (χ1) is 12.5. The van der Waals surface area contributed by atoms with Crippen molar-refractivity contribution in [3.63, 3.8) is 0 Å². The second-order valence-electron chi connectivity index (χ2n) is 6.36. The maximum absolute atomic E-state index is 13.9. The lowest BCUT2D eigenvalue weighted by molar-refractivity contribution is 0.0696. The van der Waals surface area contributed by atoms with Gasteiger partial charge in [0, 0.05) is 19.6 Å². The monoisotopic (exact) mass is 354 g/mol. The van der Waals surface area contributed by atoms with E-state index >= 15 is 0 Å². The number of ether oxygens (including phenoxy) is 1. The quantitative estimate of drug-likeness (QED) is 0.890. The Kier molecular flexibility index (Phi) is 5.49. The molecule has 5 nitrogen and oxygen atoms in total. The number of aromatic carboxylic acids is 1. The molecule has 1 saturated heterocycles. The number of carboxylic acids is 1. The molecule has 0 aromatic heterocycles. The maximum Gasteiger partial charge on any atom is 0.335 e. The number of hydrogen-bond acceptors (Lipinski definition) is 4. The molecule has 1 fully saturated rings. The van der Waals surface area contributed by atoms with E-state index < -0.39 is 11.8 Å². The second kappa shape index (κ2) is 7.98. The van der Waals surface area contributed by atoms with Gasteiger partial charge in [0.05, 0.1) is 17.2 Å². The number of likely N-dealkylation sites (tertiary alicyclic amines) is 1. The molecule has 0 unspecified atom stereocenters. The minimum atomic E-state index is -0.927. The van der Waals surface area contributed by atoms with Crippen LogP contribution in [0.4, 0.5) is 4.39 Å². The normalized spacial score (nSPS) is 15.4. The van der Waals surface area contributed by atoms with E-state index in [1.165, 1.54) is 12.1 Å². The number of benzene rings is 2. The number of nitriles is 1. The molecule has 0 saturated carbocycles. The molecule has 0 amide bonds. The van der Waals surface area contributed by atoms with Gasteiger partial charge in [-0.3, -0.25) is 4.90 Å². The molecule has 1 aliphatic heterocycles. The van der Waals surface area contributed by atoms with Crippen LogP contribution in [0.2, 0.25) is 0 Å². The summed E-state index contributed by atoms with van der Waals surface area (Å²) in [6, 6.07) is 13.1. The van der Waals surface area contributed by atoms with E-state index in [1.807, 2.05) is 12.1 Å². The van der Waals surface area contributed by atoms with Crippen LogP contribution in [-0.4, -0.2) is 35.2 Å². The molecular formula is C20H19FN2O3. The van der Waals surface area contributed by atoms with E-state index in [9.17, 15) is 9.18 Å². The molecule has 0 spiro atoms. The smallest absolute Gasteiger partial charge is 0.335 e. The van der Waals surface area contributed by atoms with Crippen LogP contribution in [-0.2, 0) is 6.54 Å². The Labute approximate surface area is 151 Å². The Morgan fingerprint density at radius 2 is 2.04 bits per heavy atom. The maximum atomic E-state index is 13.9. The van der Waals surface area contributed by atoms with E-state index in [0.29, 0.717) is 6.54 Å². The van der Waals surface area contributed by atoms with Crippen molar-refractivity contribution in [2.75, 3.05) is 13.1 Å². The molecule has 6 heteroatoms. The summed E-state index contributed by atoms with van der Waals surface area (Å²) in [6.07, 6.45) is 1.45. The van der Waals surface area contributed by atoms with Crippen molar-refractivity contribution in [3.8, 4) is 11.8 Å². The molecule has 3 rings (SSSR count). The van der Waals surface area contributed by atoms with Crippen LogP contribution in [0.25, 0.3) is 0 Å². The summed E-state index contributed by atoms with van der Waals surface area (Å²) in [5.74, 6) is -1.27. The first kappa shape index (κ1) is 17.9. The second-order valence-corrected chi connectivity index (χ2v) is 6.36. The SMILES string of the molecule is N#Cc1ccc(OC2CCN(Cc3cccc(C(=O)O)c3)CC2)c(F)c1. The standard InChI is InChI=1S/C20H19FN2O3/c21-18-11-14(12-22)4-5-19(18)26-17-6-8-23(9-7-17)13-15-2-1-3-16(10-15)20(24)25/h1-5,10-11,17H,6-9,13H2,(H,24,25). The Morgan fingerprint density at radius 3 is 2.69 bits per heavy atom. The van der Waals surface area contributed by atoms with E-state index in [0.717, 1.165) is 31.5 Å². The van der Waals surface area contributed by atoms with Gasteiger partial charge in [-0.2, -0.15) is 5.26 Å². The van der Waals surface area contributed by atoms with Gasteiger partial charge in [0.2, 0.25) is 0 Å². The van der Waals surface area contributed by atoms with Crippen molar-refractivity contribution < 1.29 is 19.0 Å². The van der Waals surface area contributed by atoms with Gasteiger partial charge >= 0.3 is 5.97 Å². The third-order valence-corrected chi connectivity index (χ3v) is 4.47. The van der Waals surface area contributed by atoms with E-state index in [2.05, 4.69) is 4.90 Å². The first-order valence-electron chi connectivity index (χ1n) is 8.46. The van der Waals surface area contributed by atoms with Crippen LogP contribution >= 0.6 is 0 Å². The fourth-order valence-corrected chi connectivity index (χ4v) is 3.09. The molecule has 0 atom stereocenters. The van der Waals surface area contributed by atoms with Crippen molar-refractivity contribution in [3.05, 3.63) is 65.0 Å². The summed E-state index contributed by atoms with van der Waals surface area (Å²) in [6.45, 7) is 2.26. The average Bonchev–Trinajstić information content (AvgIpc) is 2.65. The van der Waals surface area contributed by atoms with Crippen LogP contribution in [0.15, 0.2) is 42.5 Å². The van der Waals surface area contributed by atoms with Gasteiger partial charge in [-0.05, 0) is 48.7 Å². The predicted molar refractivity (Wildman–Crippen MR) is 93.4 cm³/mol. The lowest BCUT2D eigenvalue weighted by Gasteiger charge is -2.32. The fourth-order valence-electron chi connectivity index (χ4n) is 3.09. The zero-order valence-corrected chi connectivity index (χ0v) is 14.2. The summed E-state index contributed by atoms with van der Waals surface area (Å²) in [5, 5.41) is 17.8. The number of nitrogens with zero attached hydrogens (tertiary/aromatic N) is 2. The predicted octanol–water partition coefficient (Wildman–Crippen LogP) is 3.44. The lowest BCUT2D eigenvalue weighted by Crippen LogP contribution is -2.37. The average molecular weight is 354 g/mol. The van der Waals surface area contributed by atoms with Crippen molar-refractivity contribution in [2.45, 2.75) is 25.5 Å². The van der Waals surface area contributed by atoms with E-state index in [1.54, 1.807) is 24.3 Å². The molecule has 134 valence electrons. The van der Waals surface area contributed by atoms with Crippen LogP contribution in [0, 0.1) is 17.1 Å². The van der Waals surface area contributed by atoms with Gasteiger partial charge < -0.3 is 9.84 Å². The Balaban J connectivity index is 1.54. The zero-order chi connectivity index (χ0) is 18.5. The molecule has 1 heterocycles. The van der Waals surface area contributed by atoms with Crippen LogP contribution in [0.3, 0.4) is 0 Å². The molecule has 2 aromatic carbocycles. The number of hydrogen-bond donors (Lipinski definition) is 1. The van der Waals surface area contributed by atoms with Crippen molar-refractivity contribution >= 4 is 5.97 Å².